The highest BCUT2D eigenvalue weighted by Gasteiger charge is 2.18. The molecule has 0 saturated heterocycles. The van der Waals surface area contributed by atoms with Crippen molar-refractivity contribution in [3.8, 4) is 11.3 Å². The summed E-state index contributed by atoms with van der Waals surface area (Å²) >= 11 is 1.19. The van der Waals surface area contributed by atoms with Gasteiger partial charge in [0.25, 0.3) is 0 Å². The van der Waals surface area contributed by atoms with Crippen molar-refractivity contribution in [1.29, 1.82) is 0 Å². The van der Waals surface area contributed by atoms with Crippen molar-refractivity contribution in [3.05, 3.63) is 30.3 Å². The van der Waals surface area contributed by atoms with Crippen LogP contribution in [0.1, 0.15) is 13.8 Å². The van der Waals surface area contributed by atoms with Gasteiger partial charge in [0.1, 0.15) is 10.7 Å². The molecule has 2 amide bonds. The first kappa shape index (κ1) is 16.0. The molecule has 2 rings (SSSR count). The van der Waals surface area contributed by atoms with Crippen molar-refractivity contribution < 1.29 is 14.3 Å². The van der Waals surface area contributed by atoms with E-state index in [-0.39, 0.29) is 11.8 Å². The number of amides is 2. The summed E-state index contributed by atoms with van der Waals surface area (Å²) in [5.74, 6) is -0.256. The Morgan fingerprint density at radius 3 is 2.45 bits per heavy atom. The number of hydrogen-bond donors (Lipinski definition) is 2. The van der Waals surface area contributed by atoms with Crippen molar-refractivity contribution in [3.63, 3.8) is 0 Å². The van der Waals surface area contributed by atoms with Gasteiger partial charge in [-0.1, -0.05) is 55.5 Å². The molecule has 2 aromatic rings. The molecule has 22 heavy (non-hydrogen) atoms. The molecule has 0 atom stereocenters. The van der Waals surface area contributed by atoms with Crippen LogP contribution in [0.5, 0.6) is 0 Å². The predicted octanol–water partition coefficient (Wildman–Crippen LogP) is 3.58. The van der Waals surface area contributed by atoms with Crippen LogP contribution in [-0.2, 0) is 9.53 Å². The number of nitrogens with zero attached hydrogens (tertiary/aromatic N) is 1. The largest absolute Gasteiger partial charge is 0.453 e. The number of anilines is 2. The minimum Gasteiger partial charge on any atom is -0.453 e. The van der Waals surface area contributed by atoms with Crippen LogP contribution in [0.2, 0.25) is 0 Å². The number of thiazole rings is 1. The van der Waals surface area contributed by atoms with Crippen molar-refractivity contribution in [2.75, 3.05) is 17.7 Å². The van der Waals surface area contributed by atoms with Gasteiger partial charge in [-0.25, -0.2) is 9.78 Å². The Hall–Kier alpha value is -2.41. The summed E-state index contributed by atoms with van der Waals surface area (Å²) in [5, 5.41) is 6.32. The highest BCUT2D eigenvalue weighted by atomic mass is 32.1. The summed E-state index contributed by atoms with van der Waals surface area (Å²) in [7, 11) is 1.28. The molecule has 0 saturated carbocycles. The minimum atomic E-state index is -0.602. The molecule has 0 radical (unpaired) electrons. The summed E-state index contributed by atoms with van der Waals surface area (Å²) in [5.41, 5.74) is 1.47. The predicted molar refractivity (Wildman–Crippen MR) is 87.0 cm³/mol. The standard InChI is InChI=1S/C15H17N3O3S/c1-9(2)12(19)17-13-11(10-7-5-4-6-8-10)16-14(22-13)18-15(20)21-3/h4-9H,1-3H3,(H,17,19)(H,16,18,20). The fourth-order valence-corrected chi connectivity index (χ4v) is 2.52. The number of carbonyl (C=O) groups is 2. The van der Waals surface area contributed by atoms with Crippen molar-refractivity contribution in [2.24, 2.45) is 5.92 Å². The molecular formula is C15H17N3O3S. The number of carbonyl (C=O) groups excluding carboxylic acids is 2. The lowest BCUT2D eigenvalue weighted by Crippen LogP contribution is -2.17. The van der Waals surface area contributed by atoms with Gasteiger partial charge >= 0.3 is 6.09 Å². The summed E-state index contributed by atoms with van der Waals surface area (Å²) in [6.45, 7) is 3.62. The molecule has 1 aromatic heterocycles. The first-order valence-electron chi connectivity index (χ1n) is 6.73. The van der Waals surface area contributed by atoms with E-state index in [0.29, 0.717) is 15.8 Å². The molecule has 0 bridgehead atoms. The van der Waals surface area contributed by atoms with Gasteiger partial charge in [0.05, 0.1) is 7.11 Å². The Bertz CT molecular complexity index is 668. The molecule has 1 aromatic carbocycles. The van der Waals surface area contributed by atoms with E-state index in [1.54, 1.807) is 0 Å². The lowest BCUT2D eigenvalue weighted by atomic mass is 10.1. The second-order valence-corrected chi connectivity index (χ2v) is 5.82. The van der Waals surface area contributed by atoms with Gasteiger partial charge in [-0.15, -0.1) is 0 Å². The third kappa shape index (κ3) is 3.82. The van der Waals surface area contributed by atoms with Gasteiger partial charge in [-0.05, 0) is 0 Å². The fourth-order valence-electron chi connectivity index (χ4n) is 1.64. The zero-order chi connectivity index (χ0) is 16.1. The Labute approximate surface area is 132 Å². The van der Waals surface area contributed by atoms with Gasteiger partial charge in [0, 0.05) is 11.5 Å². The van der Waals surface area contributed by atoms with Crippen LogP contribution in [-0.4, -0.2) is 24.1 Å². The summed E-state index contributed by atoms with van der Waals surface area (Å²) < 4.78 is 4.56. The van der Waals surface area contributed by atoms with Gasteiger partial charge in [-0.3, -0.25) is 10.1 Å². The molecular weight excluding hydrogens is 302 g/mol. The van der Waals surface area contributed by atoms with Crippen LogP contribution in [0.4, 0.5) is 14.9 Å². The Morgan fingerprint density at radius 2 is 1.86 bits per heavy atom. The van der Waals surface area contributed by atoms with E-state index in [4.69, 9.17) is 0 Å². The Kier molecular flexibility index (Phi) is 5.11. The maximum Gasteiger partial charge on any atom is 0.413 e. The summed E-state index contributed by atoms with van der Waals surface area (Å²) in [6.07, 6.45) is -0.602. The van der Waals surface area contributed by atoms with E-state index in [9.17, 15) is 9.59 Å². The molecule has 116 valence electrons. The zero-order valence-electron chi connectivity index (χ0n) is 12.5. The normalized spacial score (nSPS) is 10.4. The quantitative estimate of drug-likeness (QED) is 0.902. The van der Waals surface area contributed by atoms with Gasteiger partial charge in [0.2, 0.25) is 5.91 Å². The lowest BCUT2D eigenvalue weighted by Gasteiger charge is -2.07. The van der Waals surface area contributed by atoms with E-state index in [1.165, 1.54) is 18.4 Å². The molecule has 0 fully saturated rings. The molecule has 7 heteroatoms. The van der Waals surface area contributed by atoms with E-state index in [2.05, 4.69) is 20.4 Å². The van der Waals surface area contributed by atoms with Crippen molar-refractivity contribution in [2.45, 2.75) is 13.8 Å². The van der Waals surface area contributed by atoms with E-state index in [0.717, 1.165) is 5.56 Å². The number of nitrogens with one attached hydrogen (secondary N) is 2. The molecule has 1 heterocycles. The fraction of sp³-hybridized carbons (Fsp3) is 0.267. The highest BCUT2D eigenvalue weighted by molar-refractivity contribution is 7.20. The summed E-state index contributed by atoms with van der Waals surface area (Å²) in [6, 6.07) is 9.45. The Balaban J connectivity index is 2.36. The minimum absolute atomic E-state index is 0.106. The van der Waals surface area contributed by atoms with Crippen molar-refractivity contribution in [1.82, 2.24) is 4.98 Å². The smallest absolute Gasteiger partial charge is 0.413 e. The molecule has 0 unspecified atom stereocenters. The third-order valence-corrected chi connectivity index (χ3v) is 3.72. The van der Waals surface area contributed by atoms with Crippen LogP contribution < -0.4 is 10.6 Å². The van der Waals surface area contributed by atoms with Gasteiger partial charge in [0.15, 0.2) is 5.13 Å². The number of hydrogen-bond acceptors (Lipinski definition) is 5. The maximum atomic E-state index is 11.9. The number of aromatic nitrogens is 1. The number of rotatable bonds is 4. The van der Waals surface area contributed by atoms with Crippen LogP contribution in [0, 0.1) is 5.92 Å². The first-order valence-corrected chi connectivity index (χ1v) is 7.55. The van der Waals surface area contributed by atoms with Crippen molar-refractivity contribution >= 4 is 33.5 Å². The monoisotopic (exact) mass is 319 g/mol. The lowest BCUT2D eigenvalue weighted by molar-refractivity contribution is -0.118. The topological polar surface area (TPSA) is 80.3 Å². The summed E-state index contributed by atoms with van der Waals surface area (Å²) in [4.78, 5) is 27.6. The van der Waals surface area contributed by atoms with Gasteiger partial charge in [-0.2, -0.15) is 0 Å². The zero-order valence-corrected chi connectivity index (χ0v) is 13.4. The molecule has 2 N–H and O–H groups in total. The average molecular weight is 319 g/mol. The molecule has 0 aliphatic heterocycles. The number of methoxy groups -OCH3 is 1. The second kappa shape index (κ2) is 7.04. The second-order valence-electron chi connectivity index (χ2n) is 4.82. The van der Waals surface area contributed by atoms with Crippen LogP contribution in [0.15, 0.2) is 30.3 Å². The first-order chi connectivity index (χ1) is 10.5. The van der Waals surface area contributed by atoms with E-state index < -0.39 is 6.09 Å². The SMILES string of the molecule is COC(=O)Nc1nc(-c2ccccc2)c(NC(=O)C(C)C)s1. The molecule has 0 spiro atoms. The van der Waals surface area contributed by atoms with Crippen LogP contribution >= 0.6 is 11.3 Å². The molecule has 6 nitrogen and oxygen atoms in total. The molecule has 0 aliphatic carbocycles. The Morgan fingerprint density at radius 1 is 1.18 bits per heavy atom. The number of benzene rings is 1. The maximum absolute atomic E-state index is 11.9. The number of ether oxygens (including phenoxy) is 1. The average Bonchev–Trinajstić information content (AvgIpc) is 2.90. The van der Waals surface area contributed by atoms with Gasteiger partial charge < -0.3 is 10.1 Å². The van der Waals surface area contributed by atoms with E-state index in [1.807, 2.05) is 44.2 Å². The van der Waals surface area contributed by atoms with Crippen LogP contribution in [0.25, 0.3) is 11.3 Å². The molecule has 0 aliphatic rings. The third-order valence-electron chi connectivity index (χ3n) is 2.83. The highest BCUT2D eigenvalue weighted by Crippen LogP contribution is 2.36. The van der Waals surface area contributed by atoms with Crippen LogP contribution in [0.3, 0.4) is 0 Å². The van der Waals surface area contributed by atoms with E-state index >= 15 is 0 Å².